The minimum atomic E-state index is -2.59. The predicted molar refractivity (Wildman–Crippen MR) is 107 cm³/mol. The van der Waals surface area contributed by atoms with E-state index in [1.54, 1.807) is 18.4 Å². The van der Waals surface area contributed by atoms with Gasteiger partial charge >= 0.3 is 5.97 Å². The Morgan fingerprint density at radius 2 is 2.07 bits per heavy atom. The highest BCUT2D eigenvalue weighted by molar-refractivity contribution is 7.13. The van der Waals surface area contributed by atoms with Crippen LogP contribution in [0.2, 0.25) is 0 Å². The highest BCUT2D eigenvalue weighted by Gasteiger charge is 2.35. The smallest absolute Gasteiger partial charge is 0.357 e. The number of rotatable bonds is 7. The van der Waals surface area contributed by atoms with Crippen molar-refractivity contribution in [3.05, 3.63) is 17.1 Å². The van der Waals surface area contributed by atoms with Crippen molar-refractivity contribution in [2.24, 2.45) is 0 Å². The van der Waals surface area contributed by atoms with Crippen LogP contribution in [0.4, 0.5) is 14.6 Å². The van der Waals surface area contributed by atoms with Crippen LogP contribution in [0.25, 0.3) is 10.8 Å². The Morgan fingerprint density at radius 3 is 2.73 bits per heavy atom. The van der Waals surface area contributed by atoms with E-state index in [0.717, 1.165) is 13.1 Å². The van der Waals surface area contributed by atoms with Gasteiger partial charge in [-0.25, -0.2) is 23.5 Å². The Morgan fingerprint density at radius 1 is 1.30 bits per heavy atom. The monoisotopic (exact) mass is 439 g/mol. The average Bonchev–Trinajstić information content (AvgIpc) is 3.17. The lowest BCUT2D eigenvalue weighted by molar-refractivity contribution is -0.0361. The number of carbonyl (C=O) groups is 1. The number of aromatic nitrogens is 3. The molecule has 162 valence electrons. The second-order valence-electron chi connectivity index (χ2n) is 7.35. The SMILES string of the molecule is CCOC(=O)c1csc(-c2nc(NC3CCC(F)(F)CC3)cc(OC3CNC3)n2)n1. The first-order chi connectivity index (χ1) is 14.4. The summed E-state index contributed by atoms with van der Waals surface area (Å²) < 4.78 is 37.8. The van der Waals surface area contributed by atoms with Gasteiger partial charge in [0.25, 0.3) is 0 Å². The quantitative estimate of drug-likeness (QED) is 0.635. The van der Waals surface area contributed by atoms with Crippen LogP contribution in [0, 0.1) is 0 Å². The number of carbonyl (C=O) groups excluding carboxylic acids is 1. The summed E-state index contributed by atoms with van der Waals surface area (Å²) in [7, 11) is 0. The summed E-state index contributed by atoms with van der Waals surface area (Å²) in [6.07, 6.45) is 0.448. The van der Waals surface area contributed by atoms with Crippen molar-refractivity contribution < 1.29 is 23.0 Å². The fourth-order valence-corrected chi connectivity index (χ4v) is 3.96. The largest absolute Gasteiger partial charge is 0.471 e. The molecule has 2 fully saturated rings. The summed E-state index contributed by atoms with van der Waals surface area (Å²) >= 11 is 1.23. The van der Waals surface area contributed by atoms with Crippen LogP contribution in [0.15, 0.2) is 11.4 Å². The first-order valence-electron chi connectivity index (χ1n) is 9.96. The van der Waals surface area contributed by atoms with E-state index in [-0.39, 0.29) is 37.3 Å². The third kappa shape index (κ3) is 5.01. The second kappa shape index (κ2) is 8.76. The molecule has 0 bridgehead atoms. The Bertz CT molecular complexity index is 896. The Labute approximate surface area is 176 Å². The molecular weight excluding hydrogens is 416 g/mol. The zero-order chi connectivity index (χ0) is 21.1. The lowest BCUT2D eigenvalue weighted by atomic mass is 9.92. The van der Waals surface area contributed by atoms with Crippen molar-refractivity contribution in [2.75, 3.05) is 25.0 Å². The van der Waals surface area contributed by atoms with Crippen LogP contribution < -0.4 is 15.4 Å². The standard InChI is InChI=1S/C19H23F2N5O3S/c1-2-28-18(27)13-10-30-17(24-13)16-25-14(7-15(26-16)29-12-8-22-9-12)23-11-3-5-19(20,21)6-4-11/h7,10-12,22H,2-6,8-9H2,1H3,(H,23,25,26). The minimum Gasteiger partial charge on any atom is -0.471 e. The van der Waals surface area contributed by atoms with Gasteiger partial charge in [-0.15, -0.1) is 11.3 Å². The van der Waals surface area contributed by atoms with E-state index in [9.17, 15) is 13.6 Å². The molecule has 0 aromatic carbocycles. The lowest BCUT2D eigenvalue weighted by Gasteiger charge is -2.29. The molecule has 11 heteroatoms. The highest BCUT2D eigenvalue weighted by atomic mass is 32.1. The van der Waals surface area contributed by atoms with Gasteiger partial charge < -0.3 is 20.1 Å². The second-order valence-corrected chi connectivity index (χ2v) is 8.20. The van der Waals surface area contributed by atoms with Crippen LogP contribution >= 0.6 is 11.3 Å². The Kier molecular flexibility index (Phi) is 6.09. The summed E-state index contributed by atoms with van der Waals surface area (Å²) in [5.74, 6) is -1.92. The molecule has 0 spiro atoms. The predicted octanol–water partition coefficient (Wildman–Crippen LogP) is 3.12. The maximum absolute atomic E-state index is 13.5. The van der Waals surface area contributed by atoms with Crippen molar-refractivity contribution in [3.8, 4) is 16.7 Å². The van der Waals surface area contributed by atoms with Crippen molar-refractivity contribution in [3.63, 3.8) is 0 Å². The van der Waals surface area contributed by atoms with Gasteiger partial charge in [0.05, 0.1) is 6.61 Å². The molecule has 1 aliphatic heterocycles. The molecule has 0 unspecified atom stereocenters. The molecule has 2 aromatic heterocycles. The van der Waals surface area contributed by atoms with Crippen molar-refractivity contribution >= 4 is 23.1 Å². The molecule has 2 aliphatic rings. The summed E-state index contributed by atoms with van der Waals surface area (Å²) in [5, 5.41) is 8.41. The van der Waals surface area contributed by atoms with Crippen molar-refractivity contribution in [2.45, 2.75) is 50.7 Å². The van der Waals surface area contributed by atoms with Crippen molar-refractivity contribution in [1.82, 2.24) is 20.3 Å². The van der Waals surface area contributed by atoms with Gasteiger partial charge in [-0.1, -0.05) is 0 Å². The molecule has 8 nitrogen and oxygen atoms in total. The van der Waals surface area contributed by atoms with E-state index in [1.165, 1.54) is 11.3 Å². The average molecular weight is 439 g/mol. The van der Waals surface area contributed by atoms with Gasteiger partial charge in [0, 0.05) is 43.4 Å². The molecular formula is C19H23F2N5O3S. The number of anilines is 1. The minimum absolute atomic E-state index is 0.0142. The summed E-state index contributed by atoms with van der Waals surface area (Å²) in [4.78, 5) is 25.1. The number of hydrogen-bond acceptors (Lipinski definition) is 9. The van der Waals surface area contributed by atoms with Crippen LogP contribution in [-0.2, 0) is 4.74 Å². The third-order valence-corrected chi connectivity index (χ3v) is 5.82. The van der Waals surface area contributed by atoms with Gasteiger partial charge in [-0.2, -0.15) is 4.98 Å². The molecule has 3 heterocycles. The van der Waals surface area contributed by atoms with Gasteiger partial charge in [0.1, 0.15) is 11.9 Å². The van der Waals surface area contributed by atoms with Crippen LogP contribution in [0.1, 0.15) is 43.1 Å². The number of ether oxygens (including phenoxy) is 2. The fourth-order valence-electron chi connectivity index (χ4n) is 3.24. The number of halogens is 2. The molecule has 0 atom stereocenters. The van der Waals surface area contributed by atoms with E-state index in [0.29, 0.717) is 35.4 Å². The van der Waals surface area contributed by atoms with E-state index < -0.39 is 11.9 Å². The van der Waals surface area contributed by atoms with Gasteiger partial charge in [-0.3, -0.25) is 0 Å². The topological polar surface area (TPSA) is 98.3 Å². The first-order valence-corrected chi connectivity index (χ1v) is 10.8. The normalized spacial score (nSPS) is 19.2. The molecule has 2 N–H and O–H groups in total. The van der Waals surface area contributed by atoms with E-state index in [2.05, 4.69) is 25.6 Å². The highest BCUT2D eigenvalue weighted by Crippen LogP contribution is 2.34. The Balaban J connectivity index is 1.55. The number of hydrogen-bond donors (Lipinski definition) is 2. The van der Waals surface area contributed by atoms with E-state index in [1.807, 2.05) is 0 Å². The number of nitrogens with one attached hydrogen (secondary N) is 2. The van der Waals surface area contributed by atoms with Gasteiger partial charge in [0.2, 0.25) is 11.8 Å². The molecule has 1 aliphatic carbocycles. The van der Waals surface area contributed by atoms with Gasteiger partial charge in [0.15, 0.2) is 16.5 Å². The van der Waals surface area contributed by atoms with Crippen LogP contribution in [0.5, 0.6) is 5.88 Å². The molecule has 2 aromatic rings. The summed E-state index contributed by atoms with van der Waals surface area (Å²) in [6, 6.07) is 1.58. The van der Waals surface area contributed by atoms with E-state index in [4.69, 9.17) is 9.47 Å². The zero-order valence-corrected chi connectivity index (χ0v) is 17.3. The lowest BCUT2D eigenvalue weighted by Crippen LogP contribution is -2.50. The van der Waals surface area contributed by atoms with Crippen molar-refractivity contribution in [1.29, 1.82) is 0 Å². The number of thiazole rings is 1. The third-order valence-electron chi connectivity index (χ3n) is 4.98. The van der Waals surface area contributed by atoms with Crippen LogP contribution in [-0.4, -0.2) is 58.7 Å². The first kappa shape index (κ1) is 20.9. The summed E-state index contributed by atoms with van der Waals surface area (Å²) in [5.41, 5.74) is 0.194. The Hall–Kier alpha value is -2.40. The molecule has 30 heavy (non-hydrogen) atoms. The van der Waals surface area contributed by atoms with Gasteiger partial charge in [-0.05, 0) is 19.8 Å². The molecule has 0 amide bonds. The molecule has 4 rings (SSSR count). The van der Waals surface area contributed by atoms with Crippen LogP contribution in [0.3, 0.4) is 0 Å². The fraction of sp³-hybridized carbons (Fsp3) is 0.579. The number of nitrogens with zero attached hydrogens (tertiary/aromatic N) is 3. The maximum atomic E-state index is 13.5. The molecule has 1 saturated carbocycles. The maximum Gasteiger partial charge on any atom is 0.357 e. The molecule has 0 radical (unpaired) electrons. The number of esters is 1. The molecule has 1 saturated heterocycles. The number of alkyl halides is 2. The zero-order valence-electron chi connectivity index (χ0n) is 16.5. The van der Waals surface area contributed by atoms with E-state index >= 15 is 0 Å². The summed E-state index contributed by atoms with van der Waals surface area (Å²) in [6.45, 7) is 3.44.